The van der Waals surface area contributed by atoms with Crippen LogP contribution in [0.2, 0.25) is 0 Å². The van der Waals surface area contributed by atoms with Crippen LogP contribution in [0, 0.1) is 5.92 Å². The first kappa shape index (κ1) is 20.2. The lowest BCUT2D eigenvalue weighted by Crippen LogP contribution is -2.38. The van der Waals surface area contributed by atoms with Crippen LogP contribution in [-0.2, 0) is 9.59 Å². The lowest BCUT2D eigenvalue weighted by Gasteiger charge is -2.10. The van der Waals surface area contributed by atoms with Crippen molar-refractivity contribution in [2.75, 3.05) is 19.7 Å². The van der Waals surface area contributed by atoms with Gasteiger partial charge in [-0.05, 0) is 24.3 Å². The average molecular weight is 368 g/mol. The van der Waals surface area contributed by atoms with Gasteiger partial charge in [0.2, 0.25) is 5.91 Å². The number of ether oxygens (including phenoxy) is 1. The maximum atomic E-state index is 12.3. The molecule has 6 heteroatoms. The molecule has 0 saturated heterocycles. The average Bonchev–Trinajstić information content (AvgIpc) is 2.70. The SMILES string of the molecule is CC(C)C(=O)NCCNC(=O)COc1ccc(C(=O)c2ccccc2)cc1. The molecule has 0 aromatic heterocycles. The third-order valence-electron chi connectivity index (χ3n) is 3.79. The summed E-state index contributed by atoms with van der Waals surface area (Å²) in [5, 5.41) is 5.38. The lowest BCUT2D eigenvalue weighted by atomic mass is 10.0. The Hall–Kier alpha value is -3.15. The molecule has 2 amide bonds. The van der Waals surface area contributed by atoms with Crippen molar-refractivity contribution in [3.05, 3.63) is 65.7 Å². The van der Waals surface area contributed by atoms with Gasteiger partial charge in [-0.1, -0.05) is 44.2 Å². The highest BCUT2D eigenvalue weighted by molar-refractivity contribution is 6.08. The molecule has 0 heterocycles. The van der Waals surface area contributed by atoms with Crippen molar-refractivity contribution in [3.63, 3.8) is 0 Å². The van der Waals surface area contributed by atoms with Gasteiger partial charge in [0.05, 0.1) is 0 Å². The summed E-state index contributed by atoms with van der Waals surface area (Å²) < 4.78 is 5.41. The second-order valence-electron chi connectivity index (χ2n) is 6.30. The monoisotopic (exact) mass is 368 g/mol. The van der Waals surface area contributed by atoms with Crippen LogP contribution in [0.1, 0.15) is 29.8 Å². The van der Waals surface area contributed by atoms with Crippen molar-refractivity contribution in [1.82, 2.24) is 10.6 Å². The van der Waals surface area contributed by atoms with Crippen LogP contribution >= 0.6 is 0 Å². The first-order valence-electron chi connectivity index (χ1n) is 8.84. The highest BCUT2D eigenvalue weighted by atomic mass is 16.5. The molecule has 6 nitrogen and oxygen atoms in total. The van der Waals surface area contributed by atoms with E-state index in [0.717, 1.165) is 0 Å². The predicted octanol–water partition coefficient (Wildman–Crippen LogP) is 2.18. The van der Waals surface area contributed by atoms with Gasteiger partial charge in [-0.3, -0.25) is 14.4 Å². The summed E-state index contributed by atoms with van der Waals surface area (Å²) in [5.74, 6) is 0.0239. The number of hydrogen-bond donors (Lipinski definition) is 2. The number of benzene rings is 2. The molecule has 0 spiro atoms. The number of carbonyl (C=O) groups excluding carboxylic acids is 3. The van der Waals surface area contributed by atoms with Gasteiger partial charge in [0.15, 0.2) is 12.4 Å². The third kappa shape index (κ3) is 6.58. The Kier molecular flexibility index (Phi) is 7.55. The molecule has 2 aromatic rings. The summed E-state index contributed by atoms with van der Waals surface area (Å²) in [7, 11) is 0. The summed E-state index contributed by atoms with van der Waals surface area (Å²) in [6, 6.07) is 15.7. The Bertz CT molecular complexity index is 771. The van der Waals surface area contributed by atoms with Gasteiger partial charge in [-0.15, -0.1) is 0 Å². The Morgan fingerprint density at radius 2 is 1.44 bits per heavy atom. The zero-order chi connectivity index (χ0) is 19.6. The van der Waals surface area contributed by atoms with Crippen LogP contribution in [0.3, 0.4) is 0 Å². The summed E-state index contributed by atoms with van der Waals surface area (Å²) in [4.78, 5) is 35.5. The second kappa shape index (κ2) is 10.1. The lowest BCUT2D eigenvalue weighted by molar-refractivity contribution is -0.125. The largest absolute Gasteiger partial charge is 0.484 e. The fourth-order valence-electron chi connectivity index (χ4n) is 2.25. The molecular formula is C21H24N2O4. The van der Waals surface area contributed by atoms with E-state index in [9.17, 15) is 14.4 Å². The molecule has 0 saturated carbocycles. The molecule has 2 N–H and O–H groups in total. The molecule has 0 aliphatic carbocycles. The normalized spacial score (nSPS) is 10.3. The van der Waals surface area contributed by atoms with Crippen molar-refractivity contribution < 1.29 is 19.1 Å². The number of carbonyl (C=O) groups is 3. The molecule has 27 heavy (non-hydrogen) atoms. The van der Waals surface area contributed by atoms with E-state index in [2.05, 4.69) is 10.6 Å². The van der Waals surface area contributed by atoms with E-state index in [-0.39, 0.29) is 30.1 Å². The standard InChI is InChI=1S/C21H24N2O4/c1-15(2)21(26)23-13-12-22-19(24)14-27-18-10-8-17(9-11-18)20(25)16-6-4-3-5-7-16/h3-11,15H,12-14H2,1-2H3,(H,22,24)(H,23,26). The molecule has 0 unspecified atom stereocenters. The molecule has 0 radical (unpaired) electrons. The Morgan fingerprint density at radius 3 is 2.07 bits per heavy atom. The van der Waals surface area contributed by atoms with E-state index in [1.807, 2.05) is 18.2 Å². The van der Waals surface area contributed by atoms with Gasteiger partial charge in [-0.2, -0.15) is 0 Å². The molecule has 2 rings (SSSR count). The molecular weight excluding hydrogens is 344 g/mol. The number of ketones is 1. The highest BCUT2D eigenvalue weighted by Gasteiger charge is 2.09. The minimum absolute atomic E-state index is 0.0503. The molecule has 0 aliphatic rings. The summed E-state index contributed by atoms with van der Waals surface area (Å²) in [6.07, 6.45) is 0. The van der Waals surface area contributed by atoms with Crippen LogP contribution in [0.5, 0.6) is 5.75 Å². The minimum Gasteiger partial charge on any atom is -0.484 e. The Morgan fingerprint density at radius 1 is 0.852 bits per heavy atom. The molecule has 0 atom stereocenters. The van der Waals surface area contributed by atoms with Crippen molar-refractivity contribution in [3.8, 4) is 5.75 Å². The quantitative estimate of drug-likeness (QED) is 0.525. The van der Waals surface area contributed by atoms with E-state index < -0.39 is 0 Å². The van der Waals surface area contributed by atoms with Gasteiger partial charge in [0.25, 0.3) is 5.91 Å². The van der Waals surface area contributed by atoms with Crippen LogP contribution in [0.15, 0.2) is 54.6 Å². The van der Waals surface area contributed by atoms with Crippen molar-refractivity contribution in [2.45, 2.75) is 13.8 Å². The fraction of sp³-hybridized carbons (Fsp3) is 0.286. The van der Waals surface area contributed by atoms with Crippen LogP contribution < -0.4 is 15.4 Å². The van der Waals surface area contributed by atoms with Crippen molar-refractivity contribution in [2.24, 2.45) is 5.92 Å². The van der Waals surface area contributed by atoms with E-state index in [4.69, 9.17) is 4.74 Å². The van der Waals surface area contributed by atoms with Crippen molar-refractivity contribution in [1.29, 1.82) is 0 Å². The van der Waals surface area contributed by atoms with E-state index >= 15 is 0 Å². The molecule has 0 fully saturated rings. The maximum absolute atomic E-state index is 12.3. The number of amides is 2. The van der Waals surface area contributed by atoms with Gasteiger partial charge >= 0.3 is 0 Å². The minimum atomic E-state index is -0.279. The van der Waals surface area contributed by atoms with Crippen LogP contribution in [0.25, 0.3) is 0 Å². The zero-order valence-corrected chi connectivity index (χ0v) is 15.5. The zero-order valence-electron chi connectivity index (χ0n) is 15.5. The second-order valence-corrected chi connectivity index (χ2v) is 6.30. The van der Waals surface area contributed by atoms with Crippen LogP contribution in [0.4, 0.5) is 0 Å². The molecule has 0 bridgehead atoms. The number of hydrogen-bond acceptors (Lipinski definition) is 4. The van der Waals surface area contributed by atoms with Gasteiger partial charge < -0.3 is 15.4 Å². The van der Waals surface area contributed by atoms with E-state index in [1.54, 1.807) is 50.2 Å². The van der Waals surface area contributed by atoms with Crippen molar-refractivity contribution >= 4 is 17.6 Å². The number of rotatable bonds is 9. The molecule has 142 valence electrons. The van der Waals surface area contributed by atoms with Gasteiger partial charge in [0, 0.05) is 30.1 Å². The smallest absolute Gasteiger partial charge is 0.258 e. The summed E-state index contributed by atoms with van der Waals surface area (Å²) in [5.41, 5.74) is 1.17. The van der Waals surface area contributed by atoms with Crippen LogP contribution in [-0.4, -0.2) is 37.3 Å². The first-order chi connectivity index (χ1) is 13.0. The topological polar surface area (TPSA) is 84.5 Å². The summed E-state index contributed by atoms with van der Waals surface area (Å²) >= 11 is 0. The Balaban J connectivity index is 1.74. The highest BCUT2D eigenvalue weighted by Crippen LogP contribution is 2.15. The van der Waals surface area contributed by atoms with E-state index in [1.165, 1.54) is 0 Å². The number of nitrogens with one attached hydrogen (secondary N) is 2. The first-order valence-corrected chi connectivity index (χ1v) is 8.84. The third-order valence-corrected chi connectivity index (χ3v) is 3.79. The van der Waals surface area contributed by atoms with Gasteiger partial charge in [0.1, 0.15) is 5.75 Å². The Labute approximate surface area is 158 Å². The van der Waals surface area contributed by atoms with Gasteiger partial charge in [-0.25, -0.2) is 0 Å². The van der Waals surface area contributed by atoms with E-state index in [0.29, 0.717) is 30.0 Å². The maximum Gasteiger partial charge on any atom is 0.258 e. The molecule has 2 aromatic carbocycles. The molecule has 0 aliphatic heterocycles. The fourth-order valence-corrected chi connectivity index (χ4v) is 2.25. The predicted molar refractivity (Wildman–Crippen MR) is 103 cm³/mol. The summed E-state index contributed by atoms with van der Waals surface area (Å²) in [6.45, 7) is 4.19.